The van der Waals surface area contributed by atoms with Gasteiger partial charge < -0.3 is 15.8 Å². The lowest BCUT2D eigenvalue weighted by atomic mass is 9.83. The minimum atomic E-state index is -0.0997. The number of ether oxygens (including phenoxy) is 1. The summed E-state index contributed by atoms with van der Waals surface area (Å²) in [5.74, 6) is -0.0997. The van der Waals surface area contributed by atoms with E-state index < -0.39 is 0 Å². The second kappa shape index (κ2) is 5.12. The quantitative estimate of drug-likeness (QED) is 0.633. The summed E-state index contributed by atoms with van der Waals surface area (Å²) in [6.07, 6.45) is 4.11. The van der Waals surface area contributed by atoms with Gasteiger partial charge in [-0.05, 0) is 26.3 Å². The zero-order valence-corrected chi connectivity index (χ0v) is 8.69. The van der Waals surface area contributed by atoms with Crippen molar-refractivity contribution < 1.29 is 9.53 Å². The Morgan fingerprint density at radius 1 is 1.71 bits per heavy atom. The van der Waals surface area contributed by atoms with Crippen LogP contribution in [0.3, 0.4) is 0 Å². The first-order valence-corrected chi connectivity index (χ1v) is 4.99. The maximum absolute atomic E-state index is 11.2. The van der Waals surface area contributed by atoms with E-state index in [1.54, 1.807) is 13.0 Å². The number of hydrogen-bond acceptors (Lipinski definition) is 3. The van der Waals surface area contributed by atoms with Crippen LogP contribution in [-0.4, -0.2) is 30.7 Å². The summed E-state index contributed by atoms with van der Waals surface area (Å²) >= 11 is 0. The minimum Gasteiger partial charge on any atom is -0.376 e. The molecule has 0 saturated heterocycles. The van der Waals surface area contributed by atoms with Crippen molar-refractivity contribution in [2.75, 3.05) is 6.61 Å². The Bertz CT molecular complexity index is 226. The summed E-state index contributed by atoms with van der Waals surface area (Å²) in [5.41, 5.74) is 5.77. The highest BCUT2D eigenvalue weighted by Gasteiger charge is 2.39. The zero-order valence-electron chi connectivity index (χ0n) is 8.69. The average molecular weight is 198 g/mol. The molecule has 4 nitrogen and oxygen atoms in total. The van der Waals surface area contributed by atoms with Crippen molar-refractivity contribution in [2.24, 2.45) is 5.73 Å². The molecule has 3 unspecified atom stereocenters. The fraction of sp³-hybridized carbons (Fsp3) is 0.700. The summed E-state index contributed by atoms with van der Waals surface area (Å²) in [7, 11) is 0. The first-order valence-electron chi connectivity index (χ1n) is 4.99. The molecule has 0 bridgehead atoms. The van der Waals surface area contributed by atoms with Gasteiger partial charge in [0.15, 0.2) is 0 Å². The average Bonchev–Trinajstić information content (AvgIpc) is 2.15. The standard InChI is InChI=1S/C10H18N2O2/c1-3-5-9(13)12-10-7(11)6-8(10)14-4-2/h3,5,7-8,10H,4,6,11H2,1-2H3,(H,12,13). The molecule has 1 rings (SSSR count). The highest BCUT2D eigenvalue weighted by Crippen LogP contribution is 2.22. The topological polar surface area (TPSA) is 64.4 Å². The van der Waals surface area contributed by atoms with Gasteiger partial charge >= 0.3 is 0 Å². The number of carbonyl (C=O) groups excluding carboxylic acids is 1. The lowest BCUT2D eigenvalue weighted by Crippen LogP contribution is -2.64. The van der Waals surface area contributed by atoms with E-state index in [1.165, 1.54) is 6.08 Å². The van der Waals surface area contributed by atoms with Crippen LogP contribution in [0, 0.1) is 0 Å². The SMILES string of the molecule is CC=CC(=O)NC1C(N)CC1OCC. The normalized spacial score (nSPS) is 31.5. The second-order valence-corrected chi connectivity index (χ2v) is 3.43. The molecule has 1 fully saturated rings. The van der Waals surface area contributed by atoms with E-state index >= 15 is 0 Å². The van der Waals surface area contributed by atoms with E-state index in [0.717, 1.165) is 6.42 Å². The maximum atomic E-state index is 11.2. The van der Waals surface area contributed by atoms with Gasteiger partial charge in [-0.1, -0.05) is 6.08 Å². The fourth-order valence-electron chi connectivity index (χ4n) is 1.59. The van der Waals surface area contributed by atoms with Crippen molar-refractivity contribution in [3.63, 3.8) is 0 Å². The molecule has 1 amide bonds. The monoisotopic (exact) mass is 198 g/mol. The summed E-state index contributed by atoms with van der Waals surface area (Å²) in [6, 6.07) is -0.000550. The molecule has 0 aromatic rings. The largest absolute Gasteiger partial charge is 0.376 e. The van der Waals surface area contributed by atoms with E-state index in [4.69, 9.17) is 10.5 Å². The molecule has 0 radical (unpaired) electrons. The van der Waals surface area contributed by atoms with E-state index in [0.29, 0.717) is 6.61 Å². The minimum absolute atomic E-state index is 0.0285. The molecule has 1 aliphatic rings. The molecule has 0 aromatic carbocycles. The molecule has 0 heterocycles. The Labute approximate surface area is 84.5 Å². The van der Waals surface area contributed by atoms with Gasteiger partial charge in [0.25, 0.3) is 0 Å². The van der Waals surface area contributed by atoms with Crippen LogP contribution < -0.4 is 11.1 Å². The van der Waals surface area contributed by atoms with Crippen LogP contribution in [0.25, 0.3) is 0 Å². The van der Waals surface area contributed by atoms with Crippen LogP contribution in [0.4, 0.5) is 0 Å². The molecular weight excluding hydrogens is 180 g/mol. The lowest BCUT2D eigenvalue weighted by molar-refractivity contribution is -0.121. The third-order valence-electron chi connectivity index (χ3n) is 2.37. The Morgan fingerprint density at radius 2 is 2.43 bits per heavy atom. The van der Waals surface area contributed by atoms with Gasteiger partial charge in [-0.15, -0.1) is 0 Å². The zero-order chi connectivity index (χ0) is 10.6. The van der Waals surface area contributed by atoms with Crippen molar-refractivity contribution in [3.05, 3.63) is 12.2 Å². The molecule has 0 aliphatic heterocycles. The number of nitrogens with two attached hydrogens (primary N) is 1. The van der Waals surface area contributed by atoms with Crippen LogP contribution in [-0.2, 0) is 9.53 Å². The van der Waals surface area contributed by atoms with Crippen LogP contribution in [0.2, 0.25) is 0 Å². The van der Waals surface area contributed by atoms with Gasteiger partial charge in [0.2, 0.25) is 5.91 Å². The third-order valence-corrected chi connectivity index (χ3v) is 2.37. The summed E-state index contributed by atoms with van der Waals surface area (Å²) < 4.78 is 5.42. The van der Waals surface area contributed by atoms with Gasteiger partial charge in [-0.3, -0.25) is 4.79 Å². The smallest absolute Gasteiger partial charge is 0.244 e. The van der Waals surface area contributed by atoms with Crippen LogP contribution in [0.5, 0.6) is 0 Å². The molecule has 0 aromatic heterocycles. The van der Waals surface area contributed by atoms with Crippen molar-refractivity contribution in [1.82, 2.24) is 5.32 Å². The Morgan fingerprint density at radius 3 is 2.93 bits per heavy atom. The maximum Gasteiger partial charge on any atom is 0.244 e. The fourth-order valence-corrected chi connectivity index (χ4v) is 1.59. The van der Waals surface area contributed by atoms with Gasteiger partial charge in [0, 0.05) is 12.6 Å². The van der Waals surface area contributed by atoms with Crippen molar-refractivity contribution >= 4 is 5.91 Å². The molecule has 3 N–H and O–H groups in total. The molecule has 1 saturated carbocycles. The number of nitrogens with one attached hydrogen (secondary N) is 1. The summed E-state index contributed by atoms with van der Waals surface area (Å²) in [5, 5.41) is 2.83. The molecule has 14 heavy (non-hydrogen) atoms. The number of amides is 1. The lowest BCUT2D eigenvalue weighted by Gasteiger charge is -2.42. The Hall–Kier alpha value is -0.870. The molecule has 0 spiro atoms. The molecule has 80 valence electrons. The Balaban J connectivity index is 2.38. The molecule has 1 aliphatic carbocycles. The van der Waals surface area contributed by atoms with Gasteiger partial charge in [-0.2, -0.15) is 0 Å². The molecule has 4 heteroatoms. The predicted molar refractivity (Wildman–Crippen MR) is 54.8 cm³/mol. The van der Waals surface area contributed by atoms with Crippen LogP contribution in [0.1, 0.15) is 20.3 Å². The van der Waals surface area contributed by atoms with E-state index in [1.807, 2.05) is 6.92 Å². The van der Waals surface area contributed by atoms with Crippen LogP contribution in [0.15, 0.2) is 12.2 Å². The number of carbonyl (C=O) groups is 1. The van der Waals surface area contributed by atoms with Crippen molar-refractivity contribution in [1.29, 1.82) is 0 Å². The Kier molecular flexibility index (Phi) is 4.10. The first kappa shape index (κ1) is 11.2. The van der Waals surface area contributed by atoms with E-state index in [9.17, 15) is 4.79 Å². The van der Waals surface area contributed by atoms with Gasteiger partial charge in [0.05, 0.1) is 12.1 Å². The second-order valence-electron chi connectivity index (χ2n) is 3.43. The highest BCUT2D eigenvalue weighted by atomic mass is 16.5. The summed E-state index contributed by atoms with van der Waals surface area (Å²) in [4.78, 5) is 11.2. The van der Waals surface area contributed by atoms with Crippen molar-refractivity contribution in [2.45, 2.75) is 38.5 Å². The highest BCUT2D eigenvalue weighted by molar-refractivity contribution is 5.87. The summed E-state index contributed by atoms with van der Waals surface area (Å²) in [6.45, 7) is 4.41. The molecular formula is C10H18N2O2. The number of allylic oxidation sites excluding steroid dienone is 1. The first-order chi connectivity index (χ1) is 6.69. The van der Waals surface area contributed by atoms with Crippen LogP contribution >= 0.6 is 0 Å². The molecule has 3 atom stereocenters. The number of rotatable bonds is 4. The van der Waals surface area contributed by atoms with Gasteiger partial charge in [0.1, 0.15) is 0 Å². The predicted octanol–water partition coefficient (Wildman–Crippen LogP) is 0.183. The van der Waals surface area contributed by atoms with E-state index in [2.05, 4.69) is 5.32 Å². The van der Waals surface area contributed by atoms with E-state index in [-0.39, 0.29) is 24.1 Å². The van der Waals surface area contributed by atoms with Gasteiger partial charge in [-0.25, -0.2) is 0 Å². The van der Waals surface area contributed by atoms with Crippen molar-refractivity contribution in [3.8, 4) is 0 Å². The number of hydrogen-bond donors (Lipinski definition) is 2. The third kappa shape index (κ3) is 2.56.